The van der Waals surface area contributed by atoms with Crippen LogP contribution in [0.15, 0.2) is 49.3 Å². The summed E-state index contributed by atoms with van der Waals surface area (Å²) in [7, 11) is 0. The van der Waals surface area contributed by atoms with Crippen LogP contribution in [0.2, 0.25) is 5.02 Å². The Morgan fingerprint density at radius 1 is 1.00 bits per heavy atom. The first-order valence-corrected chi connectivity index (χ1v) is 6.64. The highest BCUT2D eigenvalue weighted by molar-refractivity contribution is 6.30. The summed E-state index contributed by atoms with van der Waals surface area (Å²) >= 11 is 5.90. The van der Waals surface area contributed by atoms with E-state index in [4.69, 9.17) is 11.6 Å². The molecule has 0 aliphatic heterocycles. The Hall–Kier alpha value is -2.73. The lowest BCUT2D eigenvalue weighted by molar-refractivity contribution is 0.848. The average molecular weight is 297 g/mol. The Morgan fingerprint density at radius 3 is 2.71 bits per heavy atom. The Morgan fingerprint density at radius 2 is 1.86 bits per heavy atom. The molecule has 4 rings (SSSR count). The first kappa shape index (κ1) is 12.0. The minimum Gasteiger partial charge on any atom is -0.340 e. The fraction of sp³-hybridized carbons (Fsp3) is 0. The molecular weight excluding hydrogens is 288 g/mol. The Balaban J connectivity index is 1.81. The first-order valence-electron chi connectivity index (χ1n) is 6.26. The summed E-state index contributed by atoms with van der Waals surface area (Å²) in [6.45, 7) is 0. The Kier molecular flexibility index (Phi) is 2.68. The zero-order chi connectivity index (χ0) is 14.2. The van der Waals surface area contributed by atoms with Gasteiger partial charge in [0.1, 0.15) is 11.8 Å². The van der Waals surface area contributed by atoms with Crippen molar-refractivity contribution in [1.82, 2.24) is 29.7 Å². The number of imidazole rings is 1. The number of benzene rings is 1. The van der Waals surface area contributed by atoms with E-state index >= 15 is 0 Å². The molecule has 0 unspecified atom stereocenters. The van der Waals surface area contributed by atoms with E-state index < -0.39 is 0 Å². The number of hydrogen-bond donors (Lipinski definition) is 1. The van der Waals surface area contributed by atoms with Crippen LogP contribution in [0.3, 0.4) is 0 Å². The van der Waals surface area contributed by atoms with E-state index in [9.17, 15) is 0 Å². The molecule has 0 aliphatic rings. The van der Waals surface area contributed by atoms with Crippen LogP contribution in [0.4, 0.5) is 0 Å². The molecule has 0 bridgehead atoms. The zero-order valence-electron chi connectivity index (χ0n) is 10.7. The van der Waals surface area contributed by atoms with Crippen molar-refractivity contribution < 1.29 is 0 Å². The molecule has 3 aromatic heterocycles. The quantitative estimate of drug-likeness (QED) is 0.617. The number of aromatic amines is 1. The molecule has 21 heavy (non-hydrogen) atoms. The smallest absolute Gasteiger partial charge is 0.182 e. The summed E-state index contributed by atoms with van der Waals surface area (Å²) in [5.74, 6) is 0.665. The van der Waals surface area contributed by atoms with E-state index in [-0.39, 0.29) is 0 Å². The van der Waals surface area contributed by atoms with Crippen molar-refractivity contribution in [3.63, 3.8) is 0 Å². The number of nitrogens with one attached hydrogen (secondary N) is 1. The van der Waals surface area contributed by atoms with Crippen molar-refractivity contribution in [2.75, 3.05) is 0 Å². The van der Waals surface area contributed by atoms with Crippen molar-refractivity contribution in [2.24, 2.45) is 0 Å². The van der Waals surface area contributed by atoms with Crippen molar-refractivity contribution in [3.05, 3.63) is 54.3 Å². The van der Waals surface area contributed by atoms with E-state index in [1.807, 2.05) is 30.5 Å². The van der Waals surface area contributed by atoms with Gasteiger partial charge in [0.25, 0.3) is 0 Å². The van der Waals surface area contributed by atoms with Crippen LogP contribution in [-0.2, 0) is 0 Å². The maximum atomic E-state index is 5.90. The van der Waals surface area contributed by atoms with Crippen molar-refractivity contribution in [2.45, 2.75) is 0 Å². The van der Waals surface area contributed by atoms with Crippen molar-refractivity contribution in [3.8, 4) is 16.9 Å². The molecule has 6 nitrogen and oxygen atoms in total. The van der Waals surface area contributed by atoms with E-state index in [0.29, 0.717) is 16.5 Å². The molecule has 0 fully saturated rings. The van der Waals surface area contributed by atoms with Gasteiger partial charge < -0.3 is 4.98 Å². The van der Waals surface area contributed by atoms with Gasteiger partial charge in [-0.25, -0.2) is 19.6 Å². The molecule has 0 spiro atoms. The van der Waals surface area contributed by atoms with Gasteiger partial charge in [0, 0.05) is 16.8 Å². The standard InChI is InChI=1S/C14H9ClN6/c15-11-3-1-9(2-4-11)10-5-20-21(6-10)14-12-13(17-7-16-12)18-8-19-14/h1-8H,(H,16,17,18,19). The highest BCUT2D eigenvalue weighted by Crippen LogP contribution is 2.22. The van der Waals surface area contributed by atoms with E-state index in [2.05, 4.69) is 25.0 Å². The molecule has 0 radical (unpaired) electrons. The minimum atomic E-state index is 0.614. The number of hydrogen-bond acceptors (Lipinski definition) is 4. The van der Waals surface area contributed by atoms with E-state index in [0.717, 1.165) is 16.6 Å². The molecule has 102 valence electrons. The molecule has 4 aromatic rings. The third kappa shape index (κ3) is 2.05. The van der Waals surface area contributed by atoms with Gasteiger partial charge in [-0.2, -0.15) is 5.10 Å². The van der Waals surface area contributed by atoms with Crippen LogP contribution in [0.25, 0.3) is 28.1 Å². The molecule has 7 heteroatoms. The maximum Gasteiger partial charge on any atom is 0.182 e. The molecule has 0 atom stereocenters. The van der Waals surface area contributed by atoms with Gasteiger partial charge >= 0.3 is 0 Å². The normalized spacial score (nSPS) is 11.1. The Bertz CT molecular complexity index is 909. The third-order valence-corrected chi connectivity index (χ3v) is 3.43. The van der Waals surface area contributed by atoms with Crippen LogP contribution in [0.5, 0.6) is 0 Å². The summed E-state index contributed by atoms with van der Waals surface area (Å²) in [4.78, 5) is 15.5. The molecule has 0 amide bonds. The largest absolute Gasteiger partial charge is 0.340 e. The zero-order valence-corrected chi connectivity index (χ0v) is 11.5. The number of fused-ring (bicyclic) bond motifs is 1. The van der Waals surface area contributed by atoms with Crippen molar-refractivity contribution >= 4 is 22.8 Å². The fourth-order valence-corrected chi connectivity index (χ4v) is 2.28. The van der Waals surface area contributed by atoms with Crippen LogP contribution in [0.1, 0.15) is 0 Å². The van der Waals surface area contributed by atoms with Gasteiger partial charge in [0.05, 0.1) is 12.5 Å². The second-order valence-corrected chi connectivity index (χ2v) is 4.92. The number of aromatic nitrogens is 6. The highest BCUT2D eigenvalue weighted by Gasteiger charge is 2.10. The molecule has 0 saturated carbocycles. The number of rotatable bonds is 2. The molecule has 0 aliphatic carbocycles. The van der Waals surface area contributed by atoms with Gasteiger partial charge in [-0.1, -0.05) is 23.7 Å². The van der Waals surface area contributed by atoms with Gasteiger partial charge in [0.15, 0.2) is 11.5 Å². The number of nitrogens with zero attached hydrogens (tertiary/aromatic N) is 5. The first-order chi connectivity index (χ1) is 10.3. The van der Waals surface area contributed by atoms with Crippen LogP contribution in [-0.4, -0.2) is 29.7 Å². The summed E-state index contributed by atoms with van der Waals surface area (Å²) in [6, 6.07) is 7.61. The molecule has 1 N–H and O–H groups in total. The SMILES string of the molecule is Clc1ccc(-c2cnn(-c3ncnc4nc[nH]c34)c2)cc1. The van der Waals surface area contributed by atoms with Crippen LogP contribution in [0, 0.1) is 0 Å². The second-order valence-electron chi connectivity index (χ2n) is 4.48. The lowest BCUT2D eigenvalue weighted by Gasteiger charge is -2.00. The third-order valence-electron chi connectivity index (χ3n) is 3.18. The van der Waals surface area contributed by atoms with Crippen LogP contribution < -0.4 is 0 Å². The molecular formula is C14H9ClN6. The van der Waals surface area contributed by atoms with Gasteiger partial charge in [-0.3, -0.25) is 0 Å². The Labute approximate surface area is 124 Å². The molecule has 1 aromatic carbocycles. The van der Waals surface area contributed by atoms with Crippen molar-refractivity contribution in [1.29, 1.82) is 0 Å². The lowest BCUT2D eigenvalue weighted by Crippen LogP contribution is -1.99. The average Bonchev–Trinajstić information content (AvgIpc) is 3.16. The minimum absolute atomic E-state index is 0.614. The molecule has 0 saturated heterocycles. The van der Waals surface area contributed by atoms with Crippen LogP contribution >= 0.6 is 11.6 Å². The van der Waals surface area contributed by atoms with Gasteiger partial charge in [0.2, 0.25) is 0 Å². The monoisotopic (exact) mass is 296 g/mol. The molecule has 3 heterocycles. The second kappa shape index (κ2) is 4.68. The summed E-state index contributed by atoms with van der Waals surface area (Å²) in [6.07, 6.45) is 6.76. The maximum absolute atomic E-state index is 5.90. The van der Waals surface area contributed by atoms with Gasteiger partial charge in [-0.15, -0.1) is 0 Å². The highest BCUT2D eigenvalue weighted by atomic mass is 35.5. The van der Waals surface area contributed by atoms with Gasteiger partial charge in [-0.05, 0) is 17.7 Å². The predicted molar refractivity (Wildman–Crippen MR) is 79.3 cm³/mol. The lowest BCUT2D eigenvalue weighted by atomic mass is 10.1. The summed E-state index contributed by atoms with van der Waals surface area (Å²) in [5, 5.41) is 5.07. The predicted octanol–water partition coefficient (Wildman–Crippen LogP) is 2.86. The van der Waals surface area contributed by atoms with E-state index in [1.54, 1.807) is 17.2 Å². The number of H-pyrrole nitrogens is 1. The topological polar surface area (TPSA) is 72.3 Å². The van der Waals surface area contributed by atoms with E-state index in [1.165, 1.54) is 6.33 Å². The summed E-state index contributed by atoms with van der Waals surface area (Å²) in [5.41, 5.74) is 3.39. The summed E-state index contributed by atoms with van der Waals surface area (Å²) < 4.78 is 1.70. The number of halogens is 1. The fourth-order valence-electron chi connectivity index (χ4n) is 2.16.